The van der Waals surface area contributed by atoms with E-state index in [-0.39, 0.29) is 0 Å². The SMILES string of the molecule is CC#CCNC1CCN(CCC)CC1. The monoisotopic (exact) mass is 194 g/mol. The number of hydrogen-bond donors (Lipinski definition) is 1. The van der Waals surface area contributed by atoms with Crippen LogP contribution >= 0.6 is 0 Å². The van der Waals surface area contributed by atoms with Crippen LogP contribution in [0.3, 0.4) is 0 Å². The van der Waals surface area contributed by atoms with E-state index >= 15 is 0 Å². The zero-order chi connectivity index (χ0) is 10.2. The third-order valence-electron chi connectivity index (χ3n) is 2.78. The van der Waals surface area contributed by atoms with Crippen molar-refractivity contribution in [1.29, 1.82) is 0 Å². The molecule has 1 saturated heterocycles. The van der Waals surface area contributed by atoms with Gasteiger partial charge in [-0.1, -0.05) is 12.8 Å². The van der Waals surface area contributed by atoms with Crippen LogP contribution in [-0.2, 0) is 0 Å². The maximum atomic E-state index is 3.48. The Morgan fingerprint density at radius 2 is 2.07 bits per heavy atom. The first-order valence-electron chi connectivity index (χ1n) is 5.72. The predicted octanol–water partition coefficient (Wildman–Crippen LogP) is 1.47. The summed E-state index contributed by atoms with van der Waals surface area (Å²) < 4.78 is 0. The summed E-state index contributed by atoms with van der Waals surface area (Å²) in [5.41, 5.74) is 0. The van der Waals surface area contributed by atoms with Gasteiger partial charge in [-0.05, 0) is 45.8 Å². The van der Waals surface area contributed by atoms with Gasteiger partial charge in [-0.25, -0.2) is 0 Å². The van der Waals surface area contributed by atoms with E-state index in [9.17, 15) is 0 Å². The standard InChI is InChI=1S/C12H22N2/c1-3-5-8-13-12-6-10-14(9-4-2)11-7-12/h12-13H,4,6-11H2,1-2H3. The van der Waals surface area contributed by atoms with Gasteiger partial charge in [0.15, 0.2) is 0 Å². The second-order valence-corrected chi connectivity index (χ2v) is 3.92. The molecule has 0 bridgehead atoms. The van der Waals surface area contributed by atoms with Crippen LogP contribution in [0, 0.1) is 11.8 Å². The van der Waals surface area contributed by atoms with Crippen molar-refractivity contribution in [3.05, 3.63) is 0 Å². The molecule has 2 heteroatoms. The summed E-state index contributed by atoms with van der Waals surface area (Å²) in [6.07, 6.45) is 3.84. The lowest BCUT2D eigenvalue weighted by Crippen LogP contribution is -2.42. The van der Waals surface area contributed by atoms with E-state index in [4.69, 9.17) is 0 Å². The molecule has 1 heterocycles. The van der Waals surface area contributed by atoms with Crippen LogP contribution in [0.2, 0.25) is 0 Å². The summed E-state index contributed by atoms with van der Waals surface area (Å²) in [6.45, 7) is 8.78. The van der Waals surface area contributed by atoms with Gasteiger partial charge in [-0.2, -0.15) is 0 Å². The smallest absolute Gasteiger partial charge is 0.0578 e. The topological polar surface area (TPSA) is 15.3 Å². The second kappa shape index (κ2) is 6.86. The second-order valence-electron chi connectivity index (χ2n) is 3.92. The first-order valence-corrected chi connectivity index (χ1v) is 5.72. The van der Waals surface area contributed by atoms with Gasteiger partial charge in [0.25, 0.3) is 0 Å². The molecule has 0 aromatic carbocycles. The minimum absolute atomic E-state index is 0.698. The third-order valence-corrected chi connectivity index (χ3v) is 2.78. The van der Waals surface area contributed by atoms with Gasteiger partial charge in [0.1, 0.15) is 0 Å². The average Bonchev–Trinajstić information content (AvgIpc) is 2.21. The number of nitrogens with zero attached hydrogens (tertiary/aromatic N) is 1. The van der Waals surface area contributed by atoms with Gasteiger partial charge in [0, 0.05) is 6.04 Å². The molecule has 0 aromatic heterocycles. The van der Waals surface area contributed by atoms with Gasteiger partial charge in [-0.15, -0.1) is 5.92 Å². The Morgan fingerprint density at radius 3 is 2.64 bits per heavy atom. The Morgan fingerprint density at radius 1 is 1.36 bits per heavy atom. The maximum Gasteiger partial charge on any atom is 0.0578 e. The zero-order valence-electron chi connectivity index (χ0n) is 9.47. The lowest BCUT2D eigenvalue weighted by atomic mass is 10.1. The Labute approximate surface area is 88.1 Å². The van der Waals surface area contributed by atoms with Crippen molar-refractivity contribution < 1.29 is 0 Å². The zero-order valence-corrected chi connectivity index (χ0v) is 9.47. The highest BCUT2D eigenvalue weighted by atomic mass is 15.1. The van der Waals surface area contributed by atoms with Crippen molar-refractivity contribution >= 4 is 0 Å². The van der Waals surface area contributed by atoms with Crippen molar-refractivity contribution in [2.24, 2.45) is 0 Å². The third kappa shape index (κ3) is 4.13. The Kier molecular flexibility index (Phi) is 5.66. The first-order chi connectivity index (χ1) is 6.86. The van der Waals surface area contributed by atoms with Crippen molar-refractivity contribution in [2.45, 2.75) is 39.2 Å². The van der Waals surface area contributed by atoms with Gasteiger partial charge in [-0.3, -0.25) is 0 Å². The lowest BCUT2D eigenvalue weighted by molar-refractivity contribution is 0.200. The van der Waals surface area contributed by atoms with Crippen LogP contribution in [0.1, 0.15) is 33.1 Å². The van der Waals surface area contributed by atoms with Crippen LogP contribution < -0.4 is 5.32 Å². The predicted molar refractivity (Wildman–Crippen MR) is 61.2 cm³/mol. The lowest BCUT2D eigenvalue weighted by Gasteiger charge is -2.31. The van der Waals surface area contributed by atoms with E-state index in [0.717, 1.165) is 6.54 Å². The van der Waals surface area contributed by atoms with Crippen LogP contribution in [0.5, 0.6) is 0 Å². The Balaban J connectivity index is 2.11. The molecule has 0 aromatic rings. The van der Waals surface area contributed by atoms with Crippen LogP contribution in [0.15, 0.2) is 0 Å². The van der Waals surface area contributed by atoms with Crippen LogP contribution in [0.25, 0.3) is 0 Å². The molecule has 0 amide bonds. The maximum absolute atomic E-state index is 3.48. The molecule has 1 N–H and O–H groups in total. The summed E-state index contributed by atoms with van der Waals surface area (Å²) >= 11 is 0. The molecule has 14 heavy (non-hydrogen) atoms. The molecule has 0 spiro atoms. The highest BCUT2D eigenvalue weighted by molar-refractivity contribution is 4.98. The molecule has 0 unspecified atom stereocenters. The van der Waals surface area contributed by atoms with E-state index in [2.05, 4.69) is 29.0 Å². The molecule has 2 nitrogen and oxygen atoms in total. The molecular weight excluding hydrogens is 172 g/mol. The molecule has 80 valence electrons. The van der Waals surface area contributed by atoms with E-state index < -0.39 is 0 Å². The minimum Gasteiger partial charge on any atom is -0.303 e. The van der Waals surface area contributed by atoms with Crippen molar-refractivity contribution in [1.82, 2.24) is 10.2 Å². The van der Waals surface area contributed by atoms with Crippen LogP contribution in [0.4, 0.5) is 0 Å². The van der Waals surface area contributed by atoms with Crippen molar-refractivity contribution in [2.75, 3.05) is 26.2 Å². The van der Waals surface area contributed by atoms with Gasteiger partial charge < -0.3 is 10.2 Å². The summed E-state index contributed by atoms with van der Waals surface area (Å²) in [7, 11) is 0. The molecule has 1 fully saturated rings. The average molecular weight is 194 g/mol. The molecule has 1 aliphatic rings. The first kappa shape index (κ1) is 11.6. The van der Waals surface area contributed by atoms with E-state index in [1.807, 2.05) is 6.92 Å². The fourth-order valence-electron chi connectivity index (χ4n) is 1.96. The molecule has 0 saturated carbocycles. The molecule has 0 aliphatic carbocycles. The van der Waals surface area contributed by atoms with Crippen LogP contribution in [-0.4, -0.2) is 37.1 Å². The number of piperidine rings is 1. The largest absolute Gasteiger partial charge is 0.303 e. The minimum atomic E-state index is 0.698. The van der Waals surface area contributed by atoms with E-state index in [0.29, 0.717) is 6.04 Å². The number of rotatable bonds is 4. The number of nitrogens with one attached hydrogen (secondary N) is 1. The Bertz CT molecular complexity index is 194. The summed E-state index contributed by atoms with van der Waals surface area (Å²) in [5, 5.41) is 3.48. The van der Waals surface area contributed by atoms with Crippen molar-refractivity contribution in [3.63, 3.8) is 0 Å². The quantitative estimate of drug-likeness (QED) is 0.682. The fraction of sp³-hybridized carbons (Fsp3) is 0.833. The molecular formula is C12H22N2. The van der Waals surface area contributed by atoms with Gasteiger partial charge >= 0.3 is 0 Å². The number of likely N-dealkylation sites (tertiary alicyclic amines) is 1. The molecule has 1 aliphatic heterocycles. The molecule has 1 rings (SSSR count). The van der Waals surface area contributed by atoms with Gasteiger partial charge in [0.05, 0.1) is 6.54 Å². The Hall–Kier alpha value is -0.520. The molecule has 0 atom stereocenters. The van der Waals surface area contributed by atoms with Crippen molar-refractivity contribution in [3.8, 4) is 11.8 Å². The molecule has 0 radical (unpaired) electrons. The summed E-state index contributed by atoms with van der Waals surface area (Å²) in [4.78, 5) is 2.56. The van der Waals surface area contributed by atoms with E-state index in [1.165, 1.54) is 38.9 Å². The summed E-state index contributed by atoms with van der Waals surface area (Å²) in [6, 6.07) is 0.698. The highest BCUT2D eigenvalue weighted by Crippen LogP contribution is 2.09. The number of hydrogen-bond acceptors (Lipinski definition) is 2. The normalized spacial score (nSPS) is 19.0. The fourth-order valence-corrected chi connectivity index (χ4v) is 1.96. The van der Waals surface area contributed by atoms with E-state index in [1.54, 1.807) is 0 Å². The van der Waals surface area contributed by atoms with Gasteiger partial charge in [0.2, 0.25) is 0 Å². The summed E-state index contributed by atoms with van der Waals surface area (Å²) in [5.74, 6) is 5.97. The highest BCUT2D eigenvalue weighted by Gasteiger charge is 2.16.